The Kier molecular flexibility index (Phi) is 4.92. The number of rotatable bonds is 4. The number of ether oxygens (including phenoxy) is 1. The SMILES string of the molecule is C[C@@H](OC(=O)c1c[nH]c2ccccc12)C(=O)Nc1ccc(C#N)c(Cl)c1. The third-order valence-electron chi connectivity index (χ3n) is 3.82. The van der Waals surface area contributed by atoms with Gasteiger partial charge >= 0.3 is 5.97 Å². The summed E-state index contributed by atoms with van der Waals surface area (Å²) in [5.74, 6) is -1.10. The third kappa shape index (κ3) is 3.53. The van der Waals surface area contributed by atoms with Crippen LogP contribution in [0.4, 0.5) is 5.69 Å². The van der Waals surface area contributed by atoms with Crippen LogP contribution < -0.4 is 5.32 Å². The van der Waals surface area contributed by atoms with Crippen LogP contribution in [0.5, 0.6) is 0 Å². The summed E-state index contributed by atoms with van der Waals surface area (Å²) in [5, 5.41) is 12.4. The van der Waals surface area contributed by atoms with E-state index < -0.39 is 18.0 Å². The second-order valence-corrected chi connectivity index (χ2v) is 6.00. The van der Waals surface area contributed by atoms with Gasteiger partial charge in [-0.3, -0.25) is 4.79 Å². The Morgan fingerprint density at radius 1 is 1.27 bits per heavy atom. The Morgan fingerprint density at radius 3 is 2.77 bits per heavy atom. The van der Waals surface area contributed by atoms with Crippen LogP contribution in [-0.4, -0.2) is 23.0 Å². The minimum Gasteiger partial charge on any atom is -0.449 e. The smallest absolute Gasteiger partial charge is 0.341 e. The fourth-order valence-corrected chi connectivity index (χ4v) is 2.67. The zero-order chi connectivity index (χ0) is 18.7. The molecule has 130 valence electrons. The van der Waals surface area contributed by atoms with Crippen LogP contribution in [0.1, 0.15) is 22.8 Å². The van der Waals surface area contributed by atoms with E-state index in [2.05, 4.69) is 10.3 Å². The summed E-state index contributed by atoms with van der Waals surface area (Å²) < 4.78 is 5.26. The van der Waals surface area contributed by atoms with Crippen molar-refractivity contribution in [2.45, 2.75) is 13.0 Å². The number of hydrogen-bond donors (Lipinski definition) is 2. The van der Waals surface area contributed by atoms with Crippen LogP contribution >= 0.6 is 11.6 Å². The van der Waals surface area contributed by atoms with Gasteiger partial charge in [-0.1, -0.05) is 29.8 Å². The third-order valence-corrected chi connectivity index (χ3v) is 4.13. The van der Waals surface area contributed by atoms with Gasteiger partial charge in [-0.05, 0) is 31.2 Å². The number of hydrogen-bond acceptors (Lipinski definition) is 4. The quantitative estimate of drug-likeness (QED) is 0.684. The van der Waals surface area contributed by atoms with Crippen LogP contribution in [0, 0.1) is 11.3 Å². The molecule has 0 aliphatic carbocycles. The number of amides is 1. The standard InChI is InChI=1S/C19H14ClN3O3/c1-11(18(24)23-13-7-6-12(9-21)16(20)8-13)26-19(25)15-10-22-17-5-3-2-4-14(15)17/h2-8,10-11,22H,1H3,(H,23,24)/t11-/m1/s1. The maximum absolute atomic E-state index is 12.3. The Labute approximate surface area is 154 Å². The maximum Gasteiger partial charge on any atom is 0.341 e. The van der Waals surface area contributed by atoms with Crippen LogP contribution in [0.25, 0.3) is 10.9 Å². The molecule has 1 atom stereocenters. The van der Waals surface area contributed by atoms with E-state index in [1.54, 1.807) is 18.3 Å². The zero-order valence-corrected chi connectivity index (χ0v) is 14.5. The number of benzene rings is 2. The lowest BCUT2D eigenvalue weighted by molar-refractivity contribution is -0.123. The highest BCUT2D eigenvalue weighted by molar-refractivity contribution is 6.32. The van der Waals surface area contributed by atoms with Crippen LogP contribution in [0.15, 0.2) is 48.7 Å². The summed E-state index contributed by atoms with van der Waals surface area (Å²) in [7, 11) is 0. The lowest BCUT2D eigenvalue weighted by Crippen LogP contribution is -2.30. The average Bonchev–Trinajstić information content (AvgIpc) is 3.06. The largest absolute Gasteiger partial charge is 0.449 e. The van der Waals surface area contributed by atoms with Gasteiger partial charge in [0.05, 0.1) is 16.1 Å². The molecule has 0 saturated carbocycles. The molecule has 0 spiro atoms. The molecule has 1 heterocycles. The Hall–Kier alpha value is -3.30. The molecule has 0 fully saturated rings. The average molecular weight is 368 g/mol. The first-order chi connectivity index (χ1) is 12.5. The van der Waals surface area contributed by atoms with Crippen molar-refractivity contribution in [3.8, 4) is 6.07 Å². The van der Waals surface area contributed by atoms with Gasteiger partial charge in [0.1, 0.15) is 6.07 Å². The molecule has 0 saturated heterocycles. The molecule has 3 aromatic rings. The van der Waals surface area contributed by atoms with E-state index in [0.29, 0.717) is 16.8 Å². The highest BCUT2D eigenvalue weighted by atomic mass is 35.5. The second kappa shape index (κ2) is 7.30. The number of fused-ring (bicyclic) bond motifs is 1. The predicted molar refractivity (Wildman–Crippen MR) is 98.0 cm³/mol. The number of esters is 1. The Balaban J connectivity index is 1.68. The molecule has 3 rings (SSSR count). The van der Waals surface area contributed by atoms with Gasteiger partial charge in [-0.25, -0.2) is 4.79 Å². The van der Waals surface area contributed by atoms with Crippen molar-refractivity contribution < 1.29 is 14.3 Å². The molecule has 0 aliphatic rings. The summed E-state index contributed by atoms with van der Waals surface area (Å²) in [4.78, 5) is 27.6. The van der Waals surface area contributed by atoms with Crippen LogP contribution in [0.3, 0.4) is 0 Å². The number of aromatic amines is 1. The summed E-state index contributed by atoms with van der Waals surface area (Å²) in [6, 6.07) is 13.8. The van der Waals surface area contributed by atoms with Gasteiger partial charge in [0.15, 0.2) is 6.10 Å². The Bertz CT molecular complexity index is 1040. The molecule has 0 aliphatic heterocycles. The van der Waals surface area contributed by atoms with E-state index in [1.807, 2.05) is 24.3 Å². The minimum atomic E-state index is -1.01. The van der Waals surface area contributed by atoms with Crippen molar-refractivity contribution in [3.63, 3.8) is 0 Å². The van der Waals surface area contributed by atoms with E-state index in [9.17, 15) is 9.59 Å². The lowest BCUT2D eigenvalue weighted by atomic mass is 10.2. The minimum absolute atomic E-state index is 0.230. The van der Waals surface area contributed by atoms with Crippen molar-refractivity contribution in [1.82, 2.24) is 4.98 Å². The lowest BCUT2D eigenvalue weighted by Gasteiger charge is -2.13. The van der Waals surface area contributed by atoms with E-state index in [0.717, 1.165) is 10.9 Å². The molecule has 2 aromatic carbocycles. The molecule has 0 bridgehead atoms. The van der Waals surface area contributed by atoms with Gasteiger partial charge in [0, 0.05) is 22.8 Å². The van der Waals surface area contributed by atoms with Gasteiger partial charge in [-0.15, -0.1) is 0 Å². The Morgan fingerprint density at radius 2 is 2.04 bits per heavy atom. The van der Waals surface area contributed by atoms with E-state index >= 15 is 0 Å². The number of anilines is 1. The molecular formula is C19H14ClN3O3. The summed E-state index contributed by atoms with van der Waals surface area (Å²) in [6.07, 6.45) is 0.545. The number of halogens is 1. The van der Waals surface area contributed by atoms with Crippen LogP contribution in [-0.2, 0) is 9.53 Å². The molecule has 1 aromatic heterocycles. The second-order valence-electron chi connectivity index (χ2n) is 5.59. The van der Waals surface area contributed by atoms with E-state index in [-0.39, 0.29) is 5.02 Å². The normalized spacial score (nSPS) is 11.6. The van der Waals surface area contributed by atoms with Gasteiger partial charge in [0.25, 0.3) is 5.91 Å². The highest BCUT2D eigenvalue weighted by Crippen LogP contribution is 2.21. The molecule has 2 N–H and O–H groups in total. The molecule has 1 amide bonds. The van der Waals surface area contributed by atoms with Crippen molar-refractivity contribution in [2.75, 3.05) is 5.32 Å². The van der Waals surface area contributed by atoms with Gasteiger partial charge < -0.3 is 15.0 Å². The molecule has 6 nitrogen and oxygen atoms in total. The molecule has 26 heavy (non-hydrogen) atoms. The first-order valence-electron chi connectivity index (χ1n) is 7.77. The zero-order valence-electron chi connectivity index (χ0n) is 13.7. The topological polar surface area (TPSA) is 95.0 Å². The fraction of sp³-hybridized carbons (Fsp3) is 0.105. The predicted octanol–water partition coefficient (Wildman–Crippen LogP) is 3.88. The van der Waals surface area contributed by atoms with Crippen molar-refractivity contribution >= 4 is 40.1 Å². The number of nitrogens with zero attached hydrogens (tertiary/aromatic N) is 1. The number of H-pyrrole nitrogens is 1. The summed E-state index contributed by atoms with van der Waals surface area (Å²) >= 11 is 5.94. The number of carbonyl (C=O) groups is 2. The number of nitriles is 1. The first-order valence-corrected chi connectivity index (χ1v) is 8.15. The molecule has 0 radical (unpaired) electrons. The van der Waals surface area contributed by atoms with Crippen molar-refractivity contribution in [2.24, 2.45) is 0 Å². The van der Waals surface area contributed by atoms with E-state index in [1.165, 1.54) is 19.1 Å². The maximum atomic E-state index is 12.3. The monoisotopic (exact) mass is 367 g/mol. The summed E-state index contributed by atoms with van der Waals surface area (Å²) in [5.41, 5.74) is 1.89. The summed E-state index contributed by atoms with van der Waals surface area (Å²) in [6.45, 7) is 1.48. The van der Waals surface area contributed by atoms with Gasteiger partial charge in [0.2, 0.25) is 0 Å². The molecule has 7 heteroatoms. The number of aromatic nitrogens is 1. The molecule has 0 unspecified atom stereocenters. The van der Waals surface area contributed by atoms with E-state index in [4.69, 9.17) is 21.6 Å². The number of nitrogens with one attached hydrogen (secondary N) is 2. The fourth-order valence-electron chi connectivity index (χ4n) is 2.45. The van der Waals surface area contributed by atoms with Crippen LogP contribution in [0.2, 0.25) is 5.02 Å². The highest BCUT2D eigenvalue weighted by Gasteiger charge is 2.21. The van der Waals surface area contributed by atoms with Crippen molar-refractivity contribution in [3.05, 3.63) is 64.8 Å². The number of para-hydroxylation sites is 1. The molecular weight excluding hydrogens is 354 g/mol. The van der Waals surface area contributed by atoms with Crippen molar-refractivity contribution in [1.29, 1.82) is 5.26 Å². The first kappa shape index (κ1) is 17.5. The van der Waals surface area contributed by atoms with Gasteiger partial charge in [-0.2, -0.15) is 5.26 Å². The number of carbonyl (C=O) groups excluding carboxylic acids is 2.